The van der Waals surface area contributed by atoms with Crippen LogP contribution < -0.4 is 0 Å². The molecule has 1 aromatic heterocycles. The standard InChI is InChI=1S/C22H23N3O3S/c1-17-7-5-10-19(15-17)21-23-22(28-24-21)20-11-6-13-25(16-20)29(26,27)14-12-18-8-3-2-4-9-18/h2-5,7-10,12,14-15,20H,6,11,13,16H2,1H3/b14-12+/t20-/m1/s1. The van der Waals surface area contributed by atoms with Crippen LogP contribution in [0, 0.1) is 6.92 Å². The van der Waals surface area contributed by atoms with Gasteiger partial charge in [-0.15, -0.1) is 0 Å². The molecule has 6 nitrogen and oxygen atoms in total. The zero-order chi connectivity index (χ0) is 20.3. The number of benzene rings is 2. The SMILES string of the molecule is Cc1cccc(-c2noc([C@@H]3CCCN(S(=O)(=O)/C=C/c4ccccc4)C3)n2)c1. The van der Waals surface area contributed by atoms with Crippen molar-refractivity contribution in [2.45, 2.75) is 25.7 Å². The average molecular weight is 410 g/mol. The number of aromatic nitrogens is 2. The van der Waals surface area contributed by atoms with Crippen molar-refractivity contribution in [3.8, 4) is 11.4 Å². The molecular weight excluding hydrogens is 386 g/mol. The minimum absolute atomic E-state index is 0.102. The topological polar surface area (TPSA) is 76.3 Å². The lowest BCUT2D eigenvalue weighted by Gasteiger charge is -2.29. The minimum Gasteiger partial charge on any atom is -0.339 e. The fraction of sp³-hybridized carbons (Fsp3) is 0.273. The number of hydrogen-bond acceptors (Lipinski definition) is 5. The first-order chi connectivity index (χ1) is 14.0. The van der Waals surface area contributed by atoms with Crippen LogP contribution in [0.4, 0.5) is 0 Å². The maximum absolute atomic E-state index is 12.8. The average Bonchev–Trinajstić information content (AvgIpc) is 3.24. The van der Waals surface area contributed by atoms with E-state index in [4.69, 9.17) is 4.52 Å². The van der Waals surface area contributed by atoms with Crippen LogP contribution in [0.2, 0.25) is 0 Å². The molecule has 0 aliphatic carbocycles. The van der Waals surface area contributed by atoms with Crippen LogP contribution >= 0.6 is 0 Å². The number of hydrogen-bond donors (Lipinski definition) is 0. The molecule has 0 N–H and O–H groups in total. The van der Waals surface area contributed by atoms with Gasteiger partial charge in [0.25, 0.3) is 0 Å². The van der Waals surface area contributed by atoms with Gasteiger partial charge >= 0.3 is 0 Å². The molecule has 1 saturated heterocycles. The molecule has 7 heteroatoms. The van der Waals surface area contributed by atoms with Crippen molar-refractivity contribution in [3.05, 3.63) is 77.0 Å². The second-order valence-electron chi connectivity index (χ2n) is 7.28. The lowest BCUT2D eigenvalue weighted by atomic mass is 10.00. The minimum atomic E-state index is -3.51. The van der Waals surface area contributed by atoms with Crippen LogP contribution in [0.25, 0.3) is 17.5 Å². The molecule has 1 atom stereocenters. The summed E-state index contributed by atoms with van der Waals surface area (Å²) in [5, 5.41) is 5.37. The van der Waals surface area contributed by atoms with Gasteiger partial charge in [-0.2, -0.15) is 9.29 Å². The number of piperidine rings is 1. The van der Waals surface area contributed by atoms with Crippen LogP contribution in [0.15, 0.2) is 64.5 Å². The molecule has 2 aromatic carbocycles. The van der Waals surface area contributed by atoms with Crippen molar-refractivity contribution in [2.75, 3.05) is 13.1 Å². The lowest BCUT2D eigenvalue weighted by molar-refractivity contribution is 0.267. The van der Waals surface area contributed by atoms with Gasteiger partial charge in [-0.1, -0.05) is 59.3 Å². The molecule has 4 rings (SSSR count). The Balaban J connectivity index is 1.49. The van der Waals surface area contributed by atoms with Gasteiger partial charge in [-0.3, -0.25) is 0 Å². The van der Waals surface area contributed by atoms with Gasteiger partial charge in [-0.25, -0.2) is 8.42 Å². The Morgan fingerprint density at radius 1 is 1.14 bits per heavy atom. The summed E-state index contributed by atoms with van der Waals surface area (Å²) >= 11 is 0. The Hall–Kier alpha value is -2.77. The third-order valence-corrected chi connectivity index (χ3v) is 6.57. The summed E-state index contributed by atoms with van der Waals surface area (Å²) in [5.41, 5.74) is 2.87. The van der Waals surface area contributed by atoms with Gasteiger partial charge in [0.1, 0.15) is 0 Å². The second kappa shape index (κ2) is 8.31. The Kier molecular flexibility index (Phi) is 5.60. The molecule has 0 radical (unpaired) electrons. The molecule has 29 heavy (non-hydrogen) atoms. The van der Waals surface area contributed by atoms with Crippen LogP contribution in [0.5, 0.6) is 0 Å². The van der Waals surface area contributed by atoms with Gasteiger partial charge in [0.2, 0.25) is 21.7 Å². The van der Waals surface area contributed by atoms with Crippen LogP contribution in [0.3, 0.4) is 0 Å². The third kappa shape index (κ3) is 4.63. The highest BCUT2D eigenvalue weighted by molar-refractivity contribution is 7.92. The van der Waals surface area contributed by atoms with E-state index in [1.807, 2.05) is 61.5 Å². The first-order valence-electron chi connectivity index (χ1n) is 9.65. The van der Waals surface area contributed by atoms with Crippen molar-refractivity contribution in [1.29, 1.82) is 0 Å². The monoisotopic (exact) mass is 409 g/mol. The van der Waals surface area contributed by atoms with Crippen molar-refractivity contribution < 1.29 is 12.9 Å². The maximum atomic E-state index is 12.8. The van der Waals surface area contributed by atoms with Crippen molar-refractivity contribution >= 4 is 16.1 Å². The predicted octanol–water partition coefficient (Wildman–Crippen LogP) is 4.23. The second-order valence-corrected chi connectivity index (χ2v) is 9.10. The van der Waals surface area contributed by atoms with Gasteiger partial charge in [-0.05, 0) is 37.5 Å². The Bertz CT molecular complexity index is 1110. The quantitative estimate of drug-likeness (QED) is 0.630. The normalized spacial score (nSPS) is 18.3. The first-order valence-corrected chi connectivity index (χ1v) is 11.2. The van der Waals surface area contributed by atoms with Gasteiger partial charge in [0.15, 0.2) is 0 Å². The smallest absolute Gasteiger partial charge is 0.236 e. The Morgan fingerprint density at radius 3 is 2.76 bits per heavy atom. The molecule has 0 saturated carbocycles. The fourth-order valence-electron chi connectivity index (χ4n) is 3.49. The summed E-state index contributed by atoms with van der Waals surface area (Å²) in [6.45, 7) is 2.85. The summed E-state index contributed by atoms with van der Waals surface area (Å²) in [6.07, 6.45) is 3.20. The summed E-state index contributed by atoms with van der Waals surface area (Å²) < 4.78 is 32.5. The molecule has 2 heterocycles. The Morgan fingerprint density at radius 2 is 1.97 bits per heavy atom. The van der Waals surface area contributed by atoms with Crippen LogP contribution in [0.1, 0.15) is 35.8 Å². The van der Waals surface area contributed by atoms with Gasteiger partial charge in [0, 0.05) is 24.1 Å². The molecule has 1 aliphatic heterocycles. The van der Waals surface area contributed by atoms with Gasteiger partial charge < -0.3 is 4.52 Å². The third-order valence-electron chi connectivity index (χ3n) is 5.04. The van der Waals surface area contributed by atoms with Crippen molar-refractivity contribution in [1.82, 2.24) is 14.4 Å². The molecule has 1 fully saturated rings. The largest absolute Gasteiger partial charge is 0.339 e. The number of rotatable bonds is 5. The van der Waals surface area contributed by atoms with E-state index in [2.05, 4.69) is 10.1 Å². The van der Waals surface area contributed by atoms with Crippen molar-refractivity contribution in [2.24, 2.45) is 0 Å². The van der Waals surface area contributed by atoms with E-state index in [9.17, 15) is 8.42 Å². The summed E-state index contributed by atoms with van der Waals surface area (Å²) in [6, 6.07) is 17.3. The molecule has 0 spiro atoms. The fourth-order valence-corrected chi connectivity index (χ4v) is 4.76. The molecule has 3 aromatic rings. The zero-order valence-corrected chi connectivity index (χ0v) is 17.0. The van der Waals surface area contributed by atoms with Gasteiger partial charge in [0.05, 0.1) is 5.92 Å². The summed E-state index contributed by atoms with van der Waals surface area (Å²) in [4.78, 5) is 4.54. The molecule has 0 bridgehead atoms. The van der Waals surface area contributed by atoms with Crippen molar-refractivity contribution in [3.63, 3.8) is 0 Å². The number of nitrogens with zero attached hydrogens (tertiary/aromatic N) is 3. The van der Waals surface area contributed by atoms with Crippen LogP contribution in [-0.2, 0) is 10.0 Å². The highest BCUT2D eigenvalue weighted by Crippen LogP contribution is 2.29. The molecule has 0 unspecified atom stereocenters. The molecule has 150 valence electrons. The van der Waals surface area contributed by atoms with E-state index < -0.39 is 10.0 Å². The summed E-state index contributed by atoms with van der Waals surface area (Å²) in [7, 11) is -3.51. The van der Waals surface area contributed by atoms with Crippen LogP contribution in [-0.4, -0.2) is 36.0 Å². The zero-order valence-electron chi connectivity index (χ0n) is 16.2. The Labute approximate surface area is 170 Å². The number of aryl methyl sites for hydroxylation is 1. The van der Waals surface area contributed by atoms with E-state index in [1.165, 1.54) is 9.71 Å². The van der Waals surface area contributed by atoms with E-state index in [0.717, 1.165) is 29.5 Å². The highest BCUT2D eigenvalue weighted by Gasteiger charge is 2.31. The first kappa shape index (κ1) is 19.5. The highest BCUT2D eigenvalue weighted by atomic mass is 32.2. The lowest BCUT2D eigenvalue weighted by Crippen LogP contribution is -2.38. The molecule has 1 aliphatic rings. The molecule has 0 amide bonds. The van der Waals surface area contributed by atoms with E-state index in [-0.39, 0.29) is 5.92 Å². The van der Waals surface area contributed by atoms with E-state index in [0.29, 0.717) is 24.8 Å². The maximum Gasteiger partial charge on any atom is 0.236 e. The van der Waals surface area contributed by atoms with E-state index >= 15 is 0 Å². The predicted molar refractivity (Wildman–Crippen MR) is 112 cm³/mol. The molecular formula is C22H23N3O3S. The summed E-state index contributed by atoms with van der Waals surface area (Å²) in [5.74, 6) is 0.927. The van der Waals surface area contributed by atoms with E-state index in [1.54, 1.807) is 6.08 Å². The number of sulfonamides is 1.